The highest BCUT2D eigenvalue weighted by Crippen LogP contribution is 2.07. The van der Waals surface area contributed by atoms with E-state index in [-0.39, 0.29) is 0 Å². The number of anilines is 1. The van der Waals surface area contributed by atoms with Crippen LogP contribution in [0, 0.1) is 6.92 Å². The van der Waals surface area contributed by atoms with Crippen molar-refractivity contribution in [3.05, 3.63) is 29.8 Å². The Bertz CT molecular complexity index is 279. The van der Waals surface area contributed by atoms with Gasteiger partial charge in [-0.15, -0.1) is 0 Å². The van der Waals surface area contributed by atoms with E-state index in [4.69, 9.17) is 5.73 Å². The van der Waals surface area contributed by atoms with Crippen molar-refractivity contribution in [3.8, 4) is 0 Å². The van der Waals surface area contributed by atoms with E-state index < -0.39 is 0 Å². The van der Waals surface area contributed by atoms with Crippen molar-refractivity contribution < 1.29 is 0 Å². The van der Waals surface area contributed by atoms with E-state index in [2.05, 4.69) is 25.5 Å². The molecule has 0 saturated carbocycles. The van der Waals surface area contributed by atoms with E-state index in [1.807, 2.05) is 31.2 Å². The number of hydrogen-bond acceptors (Lipinski definition) is 1. The molecule has 0 spiro atoms. The number of aryl methyl sites for hydroxylation is 1. The van der Waals surface area contributed by atoms with Crippen LogP contribution in [0.15, 0.2) is 28.3 Å². The summed E-state index contributed by atoms with van der Waals surface area (Å²) in [5, 5.41) is 2.90. The number of benzene rings is 1. The van der Waals surface area contributed by atoms with Gasteiger partial charge in [0, 0.05) is 5.69 Å². The molecule has 1 aromatic rings. The second-order valence-corrected chi connectivity index (χ2v) is 2.82. The summed E-state index contributed by atoms with van der Waals surface area (Å²) in [6.45, 7) is 2.03. The van der Waals surface area contributed by atoms with Crippen molar-refractivity contribution in [3.63, 3.8) is 0 Å². The SMILES string of the molecule is Cc1ccc(NC(N)=NBr)cc1. The summed E-state index contributed by atoms with van der Waals surface area (Å²) in [4.78, 5) is 0. The van der Waals surface area contributed by atoms with Crippen LogP contribution >= 0.6 is 16.1 Å². The second-order valence-electron chi connectivity index (χ2n) is 2.46. The summed E-state index contributed by atoms with van der Waals surface area (Å²) in [5.74, 6) is 0.346. The van der Waals surface area contributed by atoms with Crippen LogP contribution in [-0.2, 0) is 0 Å². The van der Waals surface area contributed by atoms with Gasteiger partial charge in [0.05, 0.1) is 16.1 Å². The molecule has 0 aliphatic heterocycles. The van der Waals surface area contributed by atoms with Crippen molar-refractivity contribution in [2.75, 3.05) is 5.32 Å². The Kier molecular flexibility index (Phi) is 3.10. The largest absolute Gasteiger partial charge is 0.369 e. The Hall–Kier alpha value is -1.03. The van der Waals surface area contributed by atoms with Crippen LogP contribution in [0.2, 0.25) is 0 Å². The van der Waals surface area contributed by atoms with E-state index in [1.54, 1.807) is 0 Å². The molecule has 3 N–H and O–H groups in total. The number of nitrogens with zero attached hydrogens (tertiary/aromatic N) is 1. The molecule has 1 aromatic carbocycles. The minimum atomic E-state index is 0.346. The van der Waals surface area contributed by atoms with E-state index >= 15 is 0 Å². The summed E-state index contributed by atoms with van der Waals surface area (Å²) < 4.78 is 3.60. The summed E-state index contributed by atoms with van der Waals surface area (Å²) in [5.41, 5.74) is 7.58. The van der Waals surface area contributed by atoms with E-state index in [1.165, 1.54) is 5.56 Å². The Balaban J connectivity index is 2.71. The zero-order valence-electron chi connectivity index (χ0n) is 6.71. The molecule has 0 fully saturated rings. The predicted molar refractivity (Wildman–Crippen MR) is 55.4 cm³/mol. The van der Waals surface area contributed by atoms with E-state index in [9.17, 15) is 0 Å². The number of hydrogen-bond donors (Lipinski definition) is 2. The maximum Gasteiger partial charge on any atom is 0.204 e. The molecule has 0 atom stereocenters. The van der Waals surface area contributed by atoms with Crippen LogP contribution in [0.3, 0.4) is 0 Å². The van der Waals surface area contributed by atoms with Crippen molar-refractivity contribution in [1.29, 1.82) is 0 Å². The van der Waals surface area contributed by atoms with Crippen LogP contribution in [0.25, 0.3) is 0 Å². The Labute approximate surface area is 80.0 Å². The lowest BCUT2D eigenvalue weighted by Gasteiger charge is -2.03. The van der Waals surface area contributed by atoms with Crippen LogP contribution in [-0.4, -0.2) is 5.96 Å². The fourth-order valence-electron chi connectivity index (χ4n) is 0.806. The average molecular weight is 228 g/mol. The standard InChI is InChI=1S/C8H10BrN3/c1-6-2-4-7(5-3-6)11-8(10)12-9/h2-5H,1H3,(H3,10,11,12). The summed E-state index contributed by atoms with van der Waals surface area (Å²) in [6.07, 6.45) is 0. The summed E-state index contributed by atoms with van der Waals surface area (Å²) >= 11 is 2.89. The Morgan fingerprint density at radius 3 is 2.50 bits per heavy atom. The van der Waals surface area contributed by atoms with Crippen molar-refractivity contribution in [2.24, 2.45) is 9.75 Å². The molecule has 0 saturated heterocycles. The quantitative estimate of drug-likeness (QED) is 0.570. The number of halogens is 1. The first-order chi connectivity index (χ1) is 5.72. The summed E-state index contributed by atoms with van der Waals surface area (Å²) in [6, 6.07) is 7.90. The Morgan fingerprint density at radius 1 is 1.42 bits per heavy atom. The molecule has 1 rings (SSSR count). The first kappa shape index (κ1) is 9.06. The highest BCUT2D eigenvalue weighted by atomic mass is 79.9. The van der Waals surface area contributed by atoms with Gasteiger partial charge in [-0.2, -0.15) is 4.02 Å². The van der Waals surface area contributed by atoms with Crippen molar-refractivity contribution >= 4 is 27.8 Å². The molecule has 0 bridgehead atoms. The van der Waals surface area contributed by atoms with Crippen molar-refractivity contribution in [1.82, 2.24) is 0 Å². The fraction of sp³-hybridized carbons (Fsp3) is 0.125. The maximum atomic E-state index is 5.44. The molecule has 0 unspecified atom stereocenters. The van der Waals surface area contributed by atoms with Gasteiger partial charge >= 0.3 is 0 Å². The van der Waals surface area contributed by atoms with Gasteiger partial charge in [0.25, 0.3) is 0 Å². The van der Waals surface area contributed by atoms with Gasteiger partial charge in [-0.25, -0.2) is 0 Å². The molecule has 0 aliphatic rings. The molecule has 4 heteroatoms. The van der Waals surface area contributed by atoms with Gasteiger partial charge in [0.1, 0.15) is 0 Å². The fourth-order valence-corrected chi connectivity index (χ4v) is 0.895. The molecule has 12 heavy (non-hydrogen) atoms. The Morgan fingerprint density at radius 2 is 2.00 bits per heavy atom. The van der Waals surface area contributed by atoms with Gasteiger partial charge in [0.2, 0.25) is 5.96 Å². The number of nitrogens with two attached hydrogens (primary N) is 1. The molecule has 0 amide bonds. The molecule has 3 nitrogen and oxygen atoms in total. The molecule has 0 heterocycles. The zero-order valence-corrected chi connectivity index (χ0v) is 8.30. The lowest BCUT2D eigenvalue weighted by molar-refractivity contribution is 1.46. The zero-order chi connectivity index (χ0) is 8.97. The topological polar surface area (TPSA) is 50.4 Å². The third-order valence-corrected chi connectivity index (χ3v) is 1.80. The third kappa shape index (κ3) is 2.54. The molecule has 0 aliphatic carbocycles. The van der Waals surface area contributed by atoms with E-state index in [0.717, 1.165) is 5.69 Å². The minimum Gasteiger partial charge on any atom is -0.369 e. The first-order valence-electron chi connectivity index (χ1n) is 3.50. The molecule has 0 aromatic heterocycles. The second kappa shape index (κ2) is 4.11. The van der Waals surface area contributed by atoms with Gasteiger partial charge in [0.15, 0.2) is 0 Å². The number of nitrogens with one attached hydrogen (secondary N) is 1. The normalized spacial score (nSPS) is 11.3. The van der Waals surface area contributed by atoms with Crippen LogP contribution < -0.4 is 11.1 Å². The molecular weight excluding hydrogens is 218 g/mol. The average Bonchev–Trinajstić information content (AvgIpc) is 2.09. The monoisotopic (exact) mass is 227 g/mol. The third-order valence-electron chi connectivity index (χ3n) is 1.42. The highest BCUT2D eigenvalue weighted by Gasteiger charge is 1.92. The maximum absolute atomic E-state index is 5.44. The van der Waals surface area contributed by atoms with Gasteiger partial charge in [-0.1, -0.05) is 17.7 Å². The lowest BCUT2D eigenvalue weighted by Crippen LogP contribution is -2.21. The van der Waals surface area contributed by atoms with Gasteiger partial charge in [-0.3, -0.25) is 0 Å². The molecule has 0 radical (unpaired) electrons. The van der Waals surface area contributed by atoms with Gasteiger partial charge in [-0.05, 0) is 19.1 Å². The highest BCUT2D eigenvalue weighted by molar-refractivity contribution is 9.08. The lowest BCUT2D eigenvalue weighted by atomic mass is 10.2. The molecular formula is C8H10BrN3. The van der Waals surface area contributed by atoms with Crippen molar-refractivity contribution in [2.45, 2.75) is 6.92 Å². The van der Waals surface area contributed by atoms with Gasteiger partial charge < -0.3 is 11.1 Å². The van der Waals surface area contributed by atoms with Crippen LogP contribution in [0.5, 0.6) is 0 Å². The summed E-state index contributed by atoms with van der Waals surface area (Å²) in [7, 11) is 0. The minimum absolute atomic E-state index is 0.346. The van der Waals surface area contributed by atoms with E-state index in [0.29, 0.717) is 5.96 Å². The van der Waals surface area contributed by atoms with Crippen LogP contribution in [0.1, 0.15) is 5.56 Å². The molecule has 64 valence electrons. The van der Waals surface area contributed by atoms with Crippen LogP contribution in [0.4, 0.5) is 5.69 Å². The predicted octanol–water partition coefficient (Wildman–Crippen LogP) is 2.03. The smallest absolute Gasteiger partial charge is 0.204 e. The first-order valence-corrected chi connectivity index (χ1v) is 4.21. The number of guanidine groups is 1. The number of rotatable bonds is 1.